The van der Waals surface area contributed by atoms with Crippen LogP contribution in [0.15, 0.2) is 65.8 Å². The molecular weight excluding hydrogens is 554 g/mol. The highest BCUT2D eigenvalue weighted by Crippen LogP contribution is 2.36. The molecule has 12 heteroatoms. The maximum absolute atomic E-state index is 13.6. The second-order valence-electron chi connectivity index (χ2n) is 9.69. The maximum Gasteiger partial charge on any atom is 0.283 e. The summed E-state index contributed by atoms with van der Waals surface area (Å²) in [4.78, 5) is 27.1. The molecule has 41 heavy (non-hydrogen) atoms. The van der Waals surface area contributed by atoms with Gasteiger partial charge in [0.15, 0.2) is 5.78 Å². The largest absolute Gasteiger partial charge is 0.495 e. The van der Waals surface area contributed by atoms with Crippen LogP contribution in [0.2, 0.25) is 5.02 Å². The van der Waals surface area contributed by atoms with Gasteiger partial charge in [-0.25, -0.2) is 13.5 Å². The molecule has 0 amide bonds. The molecule has 3 aromatic heterocycles. The van der Waals surface area contributed by atoms with Crippen LogP contribution in [0, 0.1) is 0 Å². The molecule has 212 valence electrons. The normalized spacial score (nSPS) is 12.3. The van der Waals surface area contributed by atoms with Gasteiger partial charge in [0.25, 0.3) is 12.0 Å². The molecule has 0 saturated carbocycles. The van der Waals surface area contributed by atoms with Crippen molar-refractivity contribution in [3.05, 3.63) is 87.7 Å². The Bertz CT molecular complexity index is 1800. The standard InChI is InChI=1S/C29H27ClF2N6O3/c1-4-5-25(26(39)11-17-6-8-22-18(10-17)14-36(2)34-22)37-16-27(41-3)21(13-28(37)40)20-12-19(30)7-9-24(20)38-15-23(29(31)32)33-35-38/h6-10,12-16,25,29H,4-5,11H2,1-3H3. The minimum absolute atomic E-state index is 0.113. The molecule has 0 aliphatic heterocycles. The van der Waals surface area contributed by atoms with Crippen LogP contribution in [0.1, 0.15) is 43.5 Å². The molecule has 0 saturated heterocycles. The van der Waals surface area contributed by atoms with E-state index in [0.29, 0.717) is 40.4 Å². The number of halogens is 3. The van der Waals surface area contributed by atoms with Gasteiger partial charge < -0.3 is 9.30 Å². The molecule has 0 N–H and O–H groups in total. The lowest BCUT2D eigenvalue weighted by atomic mass is 9.98. The zero-order valence-electron chi connectivity index (χ0n) is 22.6. The number of alkyl halides is 2. The van der Waals surface area contributed by atoms with Crippen LogP contribution in [0.3, 0.4) is 0 Å². The summed E-state index contributed by atoms with van der Waals surface area (Å²) in [6.45, 7) is 1.95. The highest BCUT2D eigenvalue weighted by molar-refractivity contribution is 6.31. The average Bonchev–Trinajstić information content (AvgIpc) is 3.58. The number of ketones is 1. The molecule has 5 aromatic rings. The molecule has 0 radical (unpaired) electrons. The Morgan fingerprint density at radius 2 is 1.88 bits per heavy atom. The molecule has 1 unspecified atom stereocenters. The summed E-state index contributed by atoms with van der Waals surface area (Å²) in [5.74, 6) is 0.186. The molecule has 2 aromatic carbocycles. The number of carbonyl (C=O) groups excluding carboxylic acids is 1. The number of fused-ring (bicyclic) bond motifs is 1. The van der Waals surface area contributed by atoms with Crippen LogP contribution in [-0.4, -0.2) is 42.2 Å². The van der Waals surface area contributed by atoms with Gasteiger partial charge in [-0.2, -0.15) is 5.10 Å². The fourth-order valence-electron chi connectivity index (χ4n) is 4.92. The minimum Gasteiger partial charge on any atom is -0.495 e. The van der Waals surface area contributed by atoms with Gasteiger partial charge in [0.2, 0.25) is 0 Å². The van der Waals surface area contributed by atoms with E-state index in [4.69, 9.17) is 16.3 Å². The molecule has 0 bridgehead atoms. The third kappa shape index (κ3) is 5.76. The number of Topliss-reactive ketones (excluding diaryl/α,β-unsaturated/α-hetero) is 1. The van der Waals surface area contributed by atoms with Crippen LogP contribution < -0.4 is 10.3 Å². The number of aromatic nitrogens is 6. The molecule has 9 nitrogen and oxygen atoms in total. The summed E-state index contributed by atoms with van der Waals surface area (Å²) < 4.78 is 36.3. The van der Waals surface area contributed by atoms with Gasteiger partial charge in [0.1, 0.15) is 11.4 Å². The molecule has 3 heterocycles. The number of pyridine rings is 1. The van der Waals surface area contributed by atoms with Gasteiger partial charge in [-0.1, -0.05) is 36.2 Å². The predicted octanol–water partition coefficient (Wildman–Crippen LogP) is 5.74. The fourth-order valence-corrected chi connectivity index (χ4v) is 5.09. The van der Waals surface area contributed by atoms with Gasteiger partial charge in [-0.15, -0.1) is 5.10 Å². The Hall–Kier alpha value is -4.38. The number of rotatable bonds is 10. The second kappa shape index (κ2) is 11.6. The predicted molar refractivity (Wildman–Crippen MR) is 151 cm³/mol. The van der Waals surface area contributed by atoms with Crippen molar-refractivity contribution in [2.24, 2.45) is 7.05 Å². The Morgan fingerprint density at radius 1 is 1.07 bits per heavy atom. The summed E-state index contributed by atoms with van der Waals surface area (Å²) in [5, 5.41) is 13.0. The third-order valence-electron chi connectivity index (χ3n) is 6.83. The van der Waals surface area contributed by atoms with Crippen LogP contribution in [0.5, 0.6) is 5.75 Å². The number of hydrogen-bond donors (Lipinski definition) is 0. The van der Waals surface area contributed by atoms with Crippen molar-refractivity contribution < 1.29 is 18.3 Å². The monoisotopic (exact) mass is 580 g/mol. The first-order chi connectivity index (χ1) is 19.7. The maximum atomic E-state index is 13.6. The molecule has 0 aliphatic carbocycles. The van der Waals surface area contributed by atoms with Crippen molar-refractivity contribution in [3.63, 3.8) is 0 Å². The highest BCUT2D eigenvalue weighted by atomic mass is 35.5. The van der Waals surface area contributed by atoms with E-state index >= 15 is 0 Å². The van der Waals surface area contributed by atoms with E-state index in [0.717, 1.165) is 22.7 Å². The first kappa shape index (κ1) is 28.2. The Labute approximate surface area is 238 Å². The van der Waals surface area contributed by atoms with E-state index in [1.54, 1.807) is 22.9 Å². The number of nitrogens with zero attached hydrogens (tertiary/aromatic N) is 6. The van der Waals surface area contributed by atoms with E-state index in [1.165, 1.54) is 28.6 Å². The van der Waals surface area contributed by atoms with E-state index in [-0.39, 0.29) is 12.2 Å². The summed E-state index contributed by atoms with van der Waals surface area (Å²) in [7, 11) is 3.28. The second-order valence-corrected chi connectivity index (χ2v) is 10.1. The lowest BCUT2D eigenvalue weighted by molar-refractivity contribution is -0.121. The topological polar surface area (TPSA) is 96.8 Å². The SMILES string of the molecule is CCCC(C(=O)Cc1ccc2nn(C)cc2c1)n1cc(OC)c(-c2cc(Cl)ccc2-n2cc(C(F)F)nn2)cc1=O. The molecule has 0 spiro atoms. The lowest BCUT2D eigenvalue weighted by Crippen LogP contribution is -2.30. The quantitative estimate of drug-likeness (QED) is 0.209. The molecule has 1 atom stereocenters. The number of hydrogen-bond acceptors (Lipinski definition) is 6. The van der Waals surface area contributed by atoms with Crippen molar-refractivity contribution in [2.75, 3.05) is 7.11 Å². The van der Waals surface area contributed by atoms with Gasteiger partial charge in [0, 0.05) is 47.3 Å². The third-order valence-corrected chi connectivity index (χ3v) is 7.06. The molecule has 0 aliphatic rings. The number of aryl methyl sites for hydroxylation is 1. The zero-order valence-corrected chi connectivity index (χ0v) is 23.3. The van der Waals surface area contributed by atoms with E-state index in [1.807, 2.05) is 38.4 Å². The van der Waals surface area contributed by atoms with Crippen LogP contribution in [0.25, 0.3) is 27.7 Å². The first-order valence-electron chi connectivity index (χ1n) is 12.9. The van der Waals surface area contributed by atoms with Gasteiger partial charge >= 0.3 is 0 Å². The van der Waals surface area contributed by atoms with E-state index in [2.05, 4.69) is 15.4 Å². The van der Waals surface area contributed by atoms with Crippen LogP contribution in [0.4, 0.5) is 8.78 Å². The lowest BCUT2D eigenvalue weighted by Gasteiger charge is -2.21. The molecule has 5 rings (SSSR count). The Balaban J connectivity index is 1.53. The Kier molecular flexibility index (Phi) is 7.98. The number of carbonyl (C=O) groups is 1. The number of ether oxygens (including phenoxy) is 1. The molecular formula is C29H27ClF2N6O3. The van der Waals surface area contributed by atoms with Gasteiger partial charge in [-0.3, -0.25) is 14.3 Å². The smallest absolute Gasteiger partial charge is 0.283 e. The van der Waals surface area contributed by atoms with Crippen LogP contribution >= 0.6 is 11.6 Å². The summed E-state index contributed by atoms with van der Waals surface area (Å²) in [6, 6.07) is 11.1. The van der Waals surface area contributed by atoms with E-state index < -0.39 is 23.7 Å². The van der Waals surface area contributed by atoms with Crippen molar-refractivity contribution in [1.82, 2.24) is 29.3 Å². The zero-order chi connectivity index (χ0) is 29.3. The fraction of sp³-hybridized carbons (Fsp3) is 0.276. The minimum atomic E-state index is -2.79. The van der Waals surface area contributed by atoms with Gasteiger partial charge in [-0.05, 0) is 42.3 Å². The van der Waals surface area contributed by atoms with Crippen molar-refractivity contribution in [3.8, 4) is 22.6 Å². The average molecular weight is 581 g/mol. The van der Waals surface area contributed by atoms with E-state index in [9.17, 15) is 18.4 Å². The van der Waals surface area contributed by atoms with Crippen LogP contribution in [-0.2, 0) is 18.3 Å². The number of methoxy groups -OCH3 is 1. The Morgan fingerprint density at radius 3 is 2.59 bits per heavy atom. The van der Waals surface area contributed by atoms with Crippen molar-refractivity contribution >= 4 is 28.3 Å². The highest BCUT2D eigenvalue weighted by Gasteiger charge is 2.24. The number of benzene rings is 2. The first-order valence-corrected chi connectivity index (χ1v) is 13.3. The summed E-state index contributed by atoms with van der Waals surface area (Å²) >= 11 is 6.29. The molecule has 0 fully saturated rings. The van der Waals surface area contributed by atoms with Gasteiger partial charge in [0.05, 0.1) is 36.7 Å². The summed E-state index contributed by atoms with van der Waals surface area (Å²) in [6.07, 6.45) is 2.99. The van der Waals surface area contributed by atoms with Crippen molar-refractivity contribution in [1.29, 1.82) is 0 Å². The summed E-state index contributed by atoms with van der Waals surface area (Å²) in [5.41, 5.74) is 1.91. The van der Waals surface area contributed by atoms with Crippen molar-refractivity contribution in [2.45, 2.75) is 38.7 Å².